The Balaban J connectivity index is 2.30. The molecule has 0 spiro atoms. The fourth-order valence-electron chi connectivity index (χ4n) is 2.79. The second-order valence-electron chi connectivity index (χ2n) is 5.41. The lowest BCUT2D eigenvalue weighted by molar-refractivity contribution is -0.126. The summed E-state index contributed by atoms with van der Waals surface area (Å²) in [5.74, 6) is 0.182. The summed E-state index contributed by atoms with van der Waals surface area (Å²) in [5, 5.41) is 3.11. The number of nitrogens with one attached hydrogen (secondary N) is 1. The molecule has 1 amide bonds. The maximum atomic E-state index is 12.7. The van der Waals surface area contributed by atoms with Crippen LogP contribution in [0.4, 0.5) is 5.69 Å². The molecule has 0 aromatic heterocycles. The van der Waals surface area contributed by atoms with Gasteiger partial charge in [-0.1, -0.05) is 12.1 Å². The standard InChI is InChI=1S/C15H23N3O/c1-11-6-5-7-13(8-11)18-12(2)10-17(4)14(9-16-3)15(18)19/h5-8,12,14,16H,9-10H2,1-4H3. The quantitative estimate of drug-likeness (QED) is 0.889. The van der Waals surface area contributed by atoms with Crippen molar-refractivity contribution in [2.75, 3.05) is 32.1 Å². The second-order valence-corrected chi connectivity index (χ2v) is 5.41. The van der Waals surface area contributed by atoms with Crippen molar-refractivity contribution < 1.29 is 4.79 Å². The van der Waals surface area contributed by atoms with Gasteiger partial charge in [-0.05, 0) is 45.6 Å². The van der Waals surface area contributed by atoms with Gasteiger partial charge in [-0.25, -0.2) is 0 Å². The zero-order valence-electron chi connectivity index (χ0n) is 12.2. The van der Waals surface area contributed by atoms with Crippen molar-refractivity contribution in [3.05, 3.63) is 29.8 Å². The molecule has 0 saturated carbocycles. The molecular weight excluding hydrogens is 238 g/mol. The van der Waals surface area contributed by atoms with Gasteiger partial charge in [0.2, 0.25) is 5.91 Å². The molecule has 1 fully saturated rings. The predicted octanol–water partition coefficient (Wildman–Crippen LogP) is 1.25. The maximum absolute atomic E-state index is 12.7. The van der Waals surface area contributed by atoms with Crippen LogP contribution in [0.5, 0.6) is 0 Å². The van der Waals surface area contributed by atoms with Gasteiger partial charge in [0, 0.05) is 24.8 Å². The van der Waals surface area contributed by atoms with Gasteiger partial charge >= 0.3 is 0 Å². The summed E-state index contributed by atoms with van der Waals surface area (Å²) in [6.45, 7) is 5.74. The molecule has 2 rings (SSSR count). The molecule has 1 heterocycles. The van der Waals surface area contributed by atoms with Crippen molar-refractivity contribution in [2.45, 2.75) is 25.9 Å². The number of nitrogens with zero attached hydrogens (tertiary/aromatic N) is 2. The third-order valence-electron chi connectivity index (χ3n) is 3.72. The lowest BCUT2D eigenvalue weighted by atomic mass is 10.0. The van der Waals surface area contributed by atoms with E-state index in [0.29, 0.717) is 6.54 Å². The van der Waals surface area contributed by atoms with Crippen LogP contribution in [-0.4, -0.2) is 50.1 Å². The average Bonchev–Trinajstić information content (AvgIpc) is 2.34. The second kappa shape index (κ2) is 5.72. The summed E-state index contributed by atoms with van der Waals surface area (Å²) in [5.41, 5.74) is 2.19. The summed E-state index contributed by atoms with van der Waals surface area (Å²) in [4.78, 5) is 16.8. The van der Waals surface area contributed by atoms with E-state index in [9.17, 15) is 4.79 Å². The molecule has 19 heavy (non-hydrogen) atoms. The Hall–Kier alpha value is -1.39. The van der Waals surface area contributed by atoms with Crippen LogP contribution in [0, 0.1) is 6.92 Å². The van der Waals surface area contributed by atoms with Crippen molar-refractivity contribution in [3.63, 3.8) is 0 Å². The number of aryl methyl sites for hydroxylation is 1. The van der Waals surface area contributed by atoms with Gasteiger partial charge in [0.1, 0.15) is 6.04 Å². The van der Waals surface area contributed by atoms with E-state index in [4.69, 9.17) is 0 Å². The smallest absolute Gasteiger partial charge is 0.245 e. The fraction of sp³-hybridized carbons (Fsp3) is 0.533. The predicted molar refractivity (Wildman–Crippen MR) is 78.5 cm³/mol. The van der Waals surface area contributed by atoms with Gasteiger partial charge in [-0.3, -0.25) is 9.69 Å². The van der Waals surface area contributed by atoms with Crippen molar-refractivity contribution in [3.8, 4) is 0 Å². The number of amides is 1. The first-order chi connectivity index (χ1) is 9.04. The number of carbonyl (C=O) groups is 1. The summed E-state index contributed by atoms with van der Waals surface area (Å²) >= 11 is 0. The molecule has 4 nitrogen and oxygen atoms in total. The number of hydrogen-bond donors (Lipinski definition) is 1. The molecule has 1 N–H and O–H groups in total. The van der Waals surface area contributed by atoms with E-state index in [-0.39, 0.29) is 18.0 Å². The van der Waals surface area contributed by atoms with E-state index in [2.05, 4.69) is 36.2 Å². The van der Waals surface area contributed by atoms with E-state index >= 15 is 0 Å². The third-order valence-corrected chi connectivity index (χ3v) is 3.72. The van der Waals surface area contributed by atoms with Crippen molar-refractivity contribution in [2.24, 2.45) is 0 Å². The van der Waals surface area contributed by atoms with Crippen molar-refractivity contribution >= 4 is 11.6 Å². The number of rotatable bonds is 3. The molecule has 1 aromatic carbocycles. The molecule has 1 saturated heterocycles. The zero-order valence-corrected chi connectivity index (χ0v) is 12.2. The average molecular weight is 261 g/mol. The highest BCUT2D eigenvalue weighted by Gasteiger charge is 2.36. The van der Waals surface area contributed by atoms with Crippen molar-refractivity contribution in [1.82, 2.24) is 10.2 Å². The highest BCUT2D eigenvalue weighted by molar-refractivity contribution is 5.98. The molecule has 2 unspecified atom stereocenters. The molecule has 1 aliphatic rings. The first-order valence-corrected chi connectivity index (χ1v) is 6.79. The first kappa shape index (κ1) is 14.0. The van der Waals surface area contributed by atoms with Crippen LogP contribution in [0.1, 0.15) is 12.5 Å². The van der Waals surface area contributed by atoms with Crippen molar-refractivity contribution in [1.29, 1.82) is 0 Å². The Bertz CT molecular complexity index is 460. The first-order valence-electron chi connectivity index (χ1n) is 6.79. The Labute approximate surface area is 115 Å². The Kier molecular flexibility index (Phi) is 4.22. The maximum Gasteiger partial charge on any atom is 0.245 e. The van der Waals surface area contributed by atoms with Crippen LogP contribution >= 0.6 is 0 Å². The molecule has 0 radical (unpaired) electrons. The van der Waals surface area contributed by atoms with Crippen LogP contribution in [0.3, 0.4) is 0 Å². The fourth-order valence-corrected chi connectivity index (χ4v) is 2.79. The SMILES string of the molecule is CNCC1C(=O)N(c2cccc(C)c2)C(C)CN1C. The van der Waals surface area contributed by atoms with E-state index in [1.54, 1.807) is 0 Å². The van der Waals surface area contributed by atoms with Gasteiger partial charge in [0.05, 0.1) is 0 Å². The molecule has 1 aromatic rings. The van der Waals surface area contributed by atoms with E-state index in [1.165, 1.54) is 5.56 Å². The van der Waals surface area contributed by atoms with E-state index < -0.39 is 0 Å². The van der Waals surface area contributed by atoms with Gasteiger partial charge < -0.3 is 10.2 Å². The summed E-state index contributed by atoms with van der Waals surface area (Å²) in [7, 11) is 3.90. The minimum absolute atomic E-state index is 0.0817. The number of hydrogen-bond acceptors (Lipinski definition) is 3. The number of carbonyl (C=O) groups excluding carboxylic acids is 1. The summed E-state index contributed by atoms with van der Waals surface area (Å²) in [6, 6.07) is 8.28. The molecule has 104 valence electrons. The minimum atomic E-state index is -0.0817. The van der Waals surface area contributed by atoms with Crippen LogP contribution in [0.25, 0.3) is 0 Å². The Morgan fingerprint density at radius 2 is 2.16 bits per heavy atom. The molecule has 4 heteroatoms. The largest absolute Gasteiger partial charge is 0.318 e. The topological polar surface area (TPSA) is 35.6 Å². The van der Waals surface area contributed by atoms with Gasteiger partial charge in [-0.2, -0.15) is 0 Å². The number of likely N-dealkylation sites (N-methyl/N-ethyl adjacent to an activating group) is 2. The normalized spacial score (nSPS) is 24.8. The van der Waals surface area contributed by atoms with Crippen LogP contribution in [0.2, 0.25) is 0 Å². The minimum Gasteiger partial charge on any atom is -0.318 e. The number of benzene rings is 1. The molecular formula is C15H23N3O. The molecule has 0 aliphatic carbocycles. The highest BCUT2D eigenvalue weighted by atomic mass is 16.2. The highest BCUT2D eigenvalue weighted by Crippen LogP contribution is 2.24. The van der Waals surface area contributed by atoms with Crippen LogP contribution in [-0.2, 0) is 4.79 Å². The molecule has 1 aliphatic heterocycles. The van der Waals surface area contributed by atoms with Gasteiger partial charge in [-0.15, -0.1) is 0 Å². The Morgan fingerprint density at radius 1 is 1.42 bits per heavy atom. The van der Waals surface area contributed by atoms with E-state index in [1.807, 2.05) is 31.1 Å². The van der Waals surface area contributed by atoms with Crippen LogP contribution < -0.4 is 10.2 Å². The van der Waals surface area contributed by atoms with Gasteiger partial charge in [0.15, 0.2) is 0 Å². The summed E-state index contributed by atoms with van der Waals surface area (Å²) < 4.78 is 0. The molecule has 2 atom stereocenters. The number of anilines is 1. The van der Waals surface area contributed by atoms with Crippen LogP contribution in [0.15, 0.2) is 24.3 Å². The third kappa shape index (κ3) is 2.80. The van der Waals surface area contributed by atoms with E-state index in [0.717, 1.165) is 12.2 Å². The lowest BCUT2D eigenvalue weighted by Crippen LogP contribution is -2.62. The lowest BCUT2D eigenvalue weighted by Gasteiger charge is -2.43. The Morgan fingerprint density at radius 3 is 2.79 bits per heavy atom. The monoisotopic (exact) mass is 261 g/mol. The molecule has 0 bridgehead atoms. The summed E-state index contributed by atoms with van der Waals surface area (Å²) in [6.07, 6.45) is 0. The zero-order chi connectivity index (χ0) is 14.0. The number of piperazine rings is 1. The van der Waals surface area contributed by atoms with Gasteiger partial charge in [0.25, 0.3) is 0 Å².